The maximum atomic E-state index is 13.5. The zero-order valence-corrected chi connectivity index (χ0v) is 17.4. The summed E-state index contributed by atoms with van der Waals surface area (Å²) >= 11 is 0. The summed E-state index contributed by atoms with van der Waals surface area (Å²) in [6.45, 7) is 6.01. The van der Waals surface area contributed by atoms with Crippen molar-refractivity contribution < 1.29 is 17.9 Å². The third-order valence-corrected chi connectivity index (χ3v) is 6.23. The minimum Gasteiger partial charge on any atom is -0.494 e. The topological polar surface area (TPSA) is 63.7 Å². The van der Waals surface area contributed by atoms with Gasteiger partial charge in [0.1, 0.15) is 5.75 Å². The fraction of sp³-hybridized carbons (Fsp3) is 0.174. The van der Waals surface area contributed by atoms with Gasteiger partial charge in [-0.25, -0.2) is 8.42 Å². The second-order valence-corrected chi connectivity index (χ2v) is 8.42. The van der Waals surface area contributed by atoms with Gasteiger partial charge in [-0.1, -0.05) is 35.9 Å². The molecule has 0 aliphatic carbocycles. The van der Waals surface area contributed by atoms with Crippen molar-refractivity contribution in [1.29, 1.82) is 0 Å². The van der Waals surface area contributed by atoms with Gasteiger partial charge in [0.15, 0.2) is 0 Å². The molecule has 0 atom stereocenters. The van der Waals surface area contributed by atoms with Crippen LogP contribution in [0.3, 0.4) is 0 Å². The average molecular weight is 410 g/mol. The van der Waals surface area contributed by atoms with Crippen LogP contribution in [0.4, 0.5) is 5.69 Å². The van der Waals surface area contributed by atoms with Crippen LogP contribution >= 0.6 is 0 Å². The van der Waals surface area contributed by atoms with E-state index in [-0.39, 0.29) is 10.6 Å². The van der Waals surface area contributed by atoms with Gasteiger partial charge in [-0.05, 0) is 68.8 Å². The molecule has 0 radical (unpaired) electrons. The summed E-state index contributed by atoms with van der Waals surface area (Å²) < 4.78 is 33.2. The van der Waals surface area contributed by atoms with E-state index in [4.69, 9.17) is 4.74 Å². The number of rotatable bonds is 6. The summed E-state index contributed by atoms with van der Waals surface area (Å²) in [6, 6.07) is 19.8. The van der Waals surface area contributed by atoms with Crippen molar-refractivity contribution in [3.63, 3.8) is 0 Å². The highest BCUT2D eigenvalue weighted by Crippen LogP contribution is 2.28. The molecule has 0 fully saturated rings. The molecule has 0 bridgehead atoms. The Morgan fingerprint density at radius 3 is 2.10 bits per heavy atom. The van der Waals surface area contributed by atoms with Gasteiger partial charge < -0.3 is 4.74 Å². The third kappa shape index (κ3) is 4.32. The second-order valence-electron chi connectivity index (χ2n) is 6.63. The van der Waals surface area contributed by atoms with E-state index in [0.29, 0.717) is 23.5 Å². The van der Waals surface area contributed by atoms with E-state index in [1.54, 1.807) is 61.5 Å². The first kappa shape index (κ1) is 20.6. The van der Waals surface area contributed by atoms with Gasteiger partial charge in [-0.3, -0.25) is 4.79 Å². The highest BCUT2D eigenvalue weighted by molar-refractivity contribution is 7.93. The van der Waals surface area contributed by atoms with Crippen molar-refractivity contribution in [2.75, 3.05) is 10.9 Å². The first-order valence-corrected chi connectivity index (χ1v) is 10.7. The highest BCUT2D eigenvalue weighted by Gasteiger charge is 2.32. The lowest BCUT2D eigenvalue weighted by molar-refractivity contribution is 0.100. The molecule has 0 saturated heterocycles. The lowest BCUT2D eigenvalue weighted by atomic mass is 10.1. The average Bonchev–Trinajstić information content (AvgIpc) is 2.70. The molecule has 1 amide bonds. The molecule has 3 rings (SSSR count). The van der Waals surface area contributed by atoms with Crippen LogP contribution in [-0.4, -0.2) is 20.9 Å². The first-order valence-electron chi connectivity index (χ1n) is 9.29. The minimum absolute atomic E-state index is 0.0546. The largest absolute Gasteiger partial charge is 0.494 e. The summed E-state index contributed by atoms with van der Waals surface area (Å²) in [5.41, 5.74) is 2.22. The smallest absolute Gasteiger partial charge is 0.272 e. The van der Waals surface area contributed by atoms with Gasteiger partial charge in [-0.15, -0.1) is 0 Å². The number of sulfonamides is 1. The van der Waals surface area contributed by atoms with E-state index in [9.17, 15) is 13.2 Å². The monoisotopic (exact) mass is 409 g/mol. The summed E-state index contributed by atoms with van der Waals surface area (Å²) in [6.07, 6.45) is 0. The standard InChI is InChI=1S/C23H23NO4S/c1-4-28-20-13-11-19(12-14-20)24(23(25)22-8-6-5-7-18(22)3)29(26,27)21-15-9-17(2)10-16-21/h5-16H,4H2,1-3H3. The van der Waals surface area contributed by atoms with Crippen LogP contribution in [0, 0.1) is 13.8 Å². The number of carbonyl (C=O) groups is 1. The molecule has 0 unspecified atom stereocenters. The predicted molar refractivity (Wildman–Crippen MR) is 114 cm³/mol. The molecular weight excluding hydrogens is 386 g/mol. The number of carbonyl (C=O) groups excluding carboxylic acids is 1. The summed E-state index contributed by atoms with van der Waals surface area (Å²) in [5.74, 6) is 0.000101. The Kier molecular flexibility index (Phi) is 6.03. The van der Waals surface area contributed by atoms with Gasteiger partial charge in [0.2, 0.25) is 0 Å². The summed E-state index contributed by atoms with van der Waals surface area (Å²) in [7, 11) is -4.12. The van der Waals surface area contributed by atoms with Gasteiger partial charge in [0.05, 0.1) is 17.2 Å². The molecule has 3 aromatic rings. The van der Waals surface area contributed by atoms with E-state index >= 15 is 0 Å². The van der Waals surface area contributed by atoms with Crippen molar-refractivity contribution in [3.8, 4) is 5.75 Å². The van der Waals surface area contributed by atoms with Crippen molar-refractivity contribution in [1.82, 2.24) is 0 Å². The molecule has 5 nitrogen and oxygen atoms in total. The SMILES string of the molecule is CCOc1ccc(N(C(=O)c2ccccc2C)S(=O)(=O)c2ccc(C)cc2)cc1. The molecule has 3 aromatic carbocycles. The molecule has 150 valence electrons. The van der Waals surface area contributed by atoms with Crippen molar-refractivity contribution >= 4 is 21.6 Å². The Hall–Kier alpha value is -3.12. The van der Waals surface area contributed by atoms with Crippen molar-refractivity contribution in [2.45, 2.75) is 25.7 Å². The fourth-order valence-electron chi connectivity index (χ4n) is 2.95. The van der Waals surface area contributed by atoms with Gasteiger partial charge in [0, 0.05) is 5.56 Å². The molecular formula is C23H23NO4S. The lowest BCUT2D eigenvalue weighted by Crippen LogP contribution is -2.37. The van der Waals surface area contributed by atoms with Crippen LogP contribution in [0.15, 0.2) is 77.7 Å². The minimum atomic E-state index is -4.12. The highest BCUT2D eigenvalue weighted by atomic mass is 32.2. The normalized spacial score (nSPS) is 11.1. The number of hydrogen-bond acceptors (Lipinski definition) is 4. The van der Waals surface area contributed by atoms with Crippen LogP contribution in [0.25, 0.3) is 0 Å². The number of nitrogens with zero attached hydrogens (tertiary/aromatic N) is 1. The summed E-state index contributed by atoms with van der Waals surface area (Å²) in [4.78, 5) is 13.4. The Bertz CT molecular complexity index is 1100. The van der Waals surface area contributed by atoms with Gasteiger partial charge in [0.25, 0.3) is 15.9 Å². The second kappa shape index (κ2) is 8.49. The van der Waals surface area contributed by atoms with E-state index in [1.807, 2.05) is 19.9 Å². The molecule has 0 spiro atoms. The van der Waals surface area contributed by atoms with E-state index < -0.39 is 15.9 Å². The molecule has 0 saturated carbocycles. The van der Waals surface area contributed by atoms with E-state index in [2.05, 4.69) is 0 Å². The summed E-state index contributed by atoms with van der Waals surface area (Å²) in [5, 5.41) is 0. The van der Waals surface area contributed by atoms with Gasteiger partial charge >= 0.3 is 0 Å². The van der Waals surface area contributed by atoms with Crippen molar-refractivity contribution in [2.24, 2.45) is 0 Å². The van der Waals surface area contributed by atoms with Crippen LogP contribution in [-0.2, 0) is 10.0 Å². The van der Waals surface area contributed by atoms with Crippen LogP contribution < -0.4 is 9.04 Å². The molecule has 29 heavy (non-hydrogen) atoms. The number of amides is 1. The molecule has 0 aliphatic rings. The van der Waals surface area contributed by atoms with E-state index in [1.165, 1.54) is 12.1 Å². The zero-order chi connectivity index (χ0) is 21.0. The quantitative estimate of drug-likeness (QED) is 0.590. The number of benzene rings is 3. The zero-order valence-electron chi connectivity index (χ0n) is 16.6. The Labute approximate surface area is 171 Å². The maximum absolute atomic E-state index is 13.5. The fourth-order valence-corrected chi connectivity index (χ4v) is 4.35. The van der Waals surface area contributed by atoms with Gasteiger partial charge in [-0.2, -0.15) is 4.31 Å². The molecule has 0 N–H and O–H groups in total. The lowest BCUT2D eigenvalue weighted by Gasteiger charge is -2.24. The molecule has 6 heteroatoms. The van der Waals surface area contributed by atoms with Crippen LogP contribution in [0.2, 0.25) is 0 Å². The predicted octanol–water partition coefficient (Wildman–Crippen LogP) is 4.74. The Morgan fingerprint density at radius 1 is 0.897 bits per heavy atom. The van der Waals surface area contributed by atoms with E-state index in [0.717, 1.165) is 9.87 Å². The number of ether oxygens (including phenoxy) is 1. The van der Waals surface area contributed by atoms with Crippen LogP contribution in [0.1, 0.15) is 28.4 Å². The molecule has 0 aliphatic heterocycles. The number of hydrogen-bond donors (Lipinski definition) is 0. The Balaban J connectivity index is 2.14. The van der Waals surface area contributed by atoms with Crippen molar-refractivity contribution in [3.05, 3.63) is 89.5 Å². The first-order chi connectivity index (χ1) is 13.8. The maximum Gasteiger partial charge on any atom is 0.272 e. The van der Waals surface area contributed by atoms with Crippen LogP contribution in [0.5, 0.6) is 5.75 Å². The molecule has 0 aromatic heterocycles. The number of anilines is 1. The molecule has 0 heterocycles. The Morgan fingerprint density at radius 2 is 1.52 bits per heavy atom. The third-order valence-electron chi connectivity index (χ3n) is 4.50. The number of aryl methyl sites for hydroxylation is 2.